The Morgan fingerprint density at radius 2 is 1.71 bits per heavy atom. The van der Waals surface area contributed by atoms with E-state index in [0.717, 1.165) is 22.6 Å². The Balaban J connectivity index is 2.20. The molecule has 21 heavy (non-hydrogen) atoms. The average Bonchev–Trinajstić information content (AvgIpc) is 2.46. The molecule has 0 atom stereocenters. The van der Waals surface area contributed by atoms with Gasteiger partial charge >= 0.3 is 0 Å². The van der Waals surface area contributed by atoms with Crippen LogP contribution < -0.4 is 9.47 Å². The van der Waals surface area contributed by atoms with Crippen molar-refractivity contribution in [2.45, 2.75) is 40.2 Å². The van der Waals surface area contributed by atoms with Crippen molar-refractivity contribution in [3.05, 3.63) is 58.7 Å². The van der Waals surface area contributed by atoms with Gasteiger partial charge in [0.25, 0.3) is 0 Å². The fraction of sp³-hybridized carbons (Fsp3) is 0.368. The van der Waals surface area contributed by atoms with Crippen molar-refractivity contribution in [1.82, 2.24) is 0 Å². The molecule has 0 saturated carbocycles. The van der Waals surface area contributed by atoms with Crippen LogP contribution in [0.15, 0.2) is 36.4 Å². The highest BCUT2D eigenvalue weighted by atomic mass is 16.5. The molecule has 0 bridgehead atoms. The van der Waals surface area contributed by atoms with E-state index in [4.69, 9.17) is 9.47 Å². The third-order valence-electron chi connectivity index (χ3n) is 3.70. The number of methoxy groups -OCH3 is 1. The van der Waals surface area contributed by atoms with Gasteiger partial charge in [0, 0.05) is 5.56 Å². The van der Waals surface area contributed by atoms with Crippen LogP contribution in [0.2, 0.25) is 0 Å². The molecule has 0 fully saturated rings. The van der Waals surface area contributed by atoms with E-state index in [1.807, 2.05) is 12.1 Å². The minimum atomic E-state index is 0.501. The molecule has 0 N–H and O–H groups in total. The van der Waals surface area contributed by atoms with E-state index >= 15 is 0 Å². The number of rotatable bonds is 5. The highest BCUT2D eigenvalue weighted by Gasteiger charge is 2.08. The monoisotopic (exact) mass is 284 g/mol. The largest absolute Gasteiger partial charge is 0.496 e. The first-order valence-corrected chi connectivity index (χ1v) is 7.38. The summed E-state index contributed by atoms with van der Waals surface area (Å²) in [5, 5.41) is 0. The topological polar surface area (TPSA) is 18.5 Å². The molecule has 2 aromatic rings. The molecule has 0 radical (unpaired) electrons. The van der Waals surface area contributed by atoms with E-state index in [2.05, 4.69) is 52.0 Å². The Labute approximate surface area is 127 Å². The quantitative estimate of drug-likeness (QED) is 0.768. The van der Waals surface area contributed by atoms with E-state index in [1.54, 1.807) is 7.11 Å². The van der Waals surface area contributed by atoms with Crippen LogP contribution in [-0.4, -0.2) is 7.11 Å². The molecule has 0 aromatic heterocycles. The summed E-state index contributed by atoms with van der Waals surface area (Å²) >= 11 is 0. The molecule has 0 aliphatic rings. The fourth-order valence-corrected chi connectivity index (χ4v) is 2.31. The van der Waals surface area contributed by atoms with Crippen molar-refractivity contribution in [2.24, 2.45) is 0 Å². The molecule has 2 rings (SSSR count). The summed E-state index contributed by atoms with van der Waals surface area (Å²) in [4.78, 5) is 0. The second-order valence-electron chi connectivity index (χ2n) is 5.78. The van der Waals surface area contributed by atoms with Gasteiger partial charge in [-0.2, -0.15) is 0 Å². The summed E-state index contributed by atoms with van der Waals surface area (Å²) < 4.78 is 11.4. The number of aryl methyl sites for hydroxylation is 2. The van der Waals surface area contributed by atoms with Crippen molar-refractivity contribution in [3.8, 4) is 11.5 Å². The highest BCUT2D eigenvalue weighted by molar-refractivity contribution is 5.40. The Morgan fingerprint density at radius 3 is 2.38 bits per heavy atom. The van der Waals surface area contributed by atoms with Gasteiger partial charge in [-0.25, -0.2) is 0 Å². The number of hydrogen-bond donors (Lipinski definition) is 0. The van der Waals surface area contributed by atoms with E-state index in [9.17, 15) is 0 Å². The SMILES string of the molecule is COc1ccc(C)cc1COc1cc(C(C)C)ccc1C. The third-order valence-corrected chi connectivity index (χ3v) is 3.70. The molecule has 2 heteroatoms. The summed E-state index contributed by atoms with van der Waals surface area (Å²) in [7, 11) is 1.69. The van der Waals surface area contributed by atoms with Crippen LogP contribution in [0.3, 0.4) is 0 Å². The van der Waals surface area contributed by atoms with Crippen LogP contribution >= 0.6 is 0 Å². The molecule has 0 unspecified atom stereocenters. The molecule has 0 heterocycles. The maximum absolute atomic E-state index is 6.03. The summed E-state index contributed by atoms with van der Waals surface area (Å²) in [6.45, 7) is 9.06. The van der Waals surface area contributed by atoms with Crippen molar-refractivity contribution in [2.75, 3.05) is 7.11 Å². The van der Waals surface area contributed by atoms with Gasteiger partial charge < -0.3 is 9.47 Å². The van der Waals surface area contributed by atoms with Crippen LogP contribution in [0, 0.1) is 13.8 Å². The second-order valence-corrected chi connectivity index (χ2v) is 5.78. The van der Waals surface area contributed by atoms with Gasteiger partial charge in [0.2, 0.25) is 0 Å². The van der Waals surface area contributed by atoms with Crippen molar-refractivity contribution in [1.29, 1.82) is 0 Å². The summed E-state index contributed by atoms with van der Waals surface area (Å²) in [6, 6.07) is 12.6. The fourth-order valence-electron chi connectivity index (χ4n) is 2.31. The van der Waals surface area contributed by atoms with Gasteiger partial charge in [0.1, 0.15) is 18.1 Å². The van der Waals surface area contributed by atoms with Crippen LogP contribution in [0.1, 0.15) is 42.0 Å². The van der Waals surface area contributed by atoms with E-state index in [-0.39, 0.29) is 0 Å². The summed E-state index contributed by atoms with van der Waals surface area (Å²) in [5.41, 5.74) is 4.74. The zero-order chi connectivity index (χ0) is 15.4. The van der Waals surface area contributed by atoms with Crippen LogP contribution in [-0.2, 0) is 6.61 Å². The van der Waals surface area contributed by atoms with Gasteiger partial charge in [0.15, 0.2) is 0 Å². The number of hydrogen-bond acceptors (Lipinski definition) is 2. The Morgan fingerprint density at radius 1 is 0.952 bits per heavy atom. The molecule has 2 aromatic carbocycles. The predicted molar refractivity (Wildman–Crippen MR) is 87.3 cm³/mol. The maximum atomic E-state index is 6.03. The molecule has 0 aliphatic heterocycles. The molecular formula is C19H24O2. The molecule has 112 valence electrons. The first-order valence-electron chi connectivity index (χ1n) is 7.38. The normalized spacial score (nSPS) is 10.8. The number of ether oxygens (including phenoxy) is 2. The minimum Gasteiger partial charge on any atom is -0.496 e. The summed E-state index contributed by atoms with van der Waals surface area (Å²) in [5.74, 6) is 2.32. The summed E-state index contributed by atoms with van der Waals surface area (Å²) in [6.07, 6.45) is 0. The Kier molecular flexibility index (Phi) is 4.89. The van der Waals surface area contributed by atoms with Crippen molar-refractivity contribution < 1.29 is 9.47 Å². The highest BCUT2D eigenvalue weighted by Crippen LogP contribution is 2.27. The van der Waals surface area contributed by atoms with E-state index < -0.39 is 0 Å². The zero-order valence-corrected chi connectivity index (χ0v) is 13.6. The molecule has 0 spiro atoms. The second kappa shape index (κ2) is 6.66. The van der Waals surface area contributed by atoms with Crippen molar-refractivity contribution in [3.63, 3.8) is 0 Å². The van der Waals surface area contributed by atoms with E-state index in [0.29, 0.717) is 12.5 Å². The minimum absolute atomic E-state index is 0.501. The maximum Gasteiger partial charge on any atom is 0.125 e. The number of benzene rings is 2. The standard InChI is InChI=1S/C19H24O2/c1-13(2)16-8-7-15(4)19(11-16)21-12-17-10-14(3)6-9-18(17)20-5/h6-11,13H,12H2,1-5H3. The third kappa shape index (κ3) is 3.78. The lowest BCUT2D eigenvalue weighted by Gasteiger charge is -2.14. The van der Waals surface area contributed by atoms with Gasteiger partial charge in [-0.3, -0.25) is 0 Å². The van der Waals surface area contributed by atoms with Gasteiger partial charge in [-0.15, -0.1) is 0 Å². The predicted octanol–water partition coefficient (Wildman–Crippen LogP) is 5.01. The van der Waals surface area contributed by atoms with Crippen LogP contribution in [0.5, 0.6) is 11.5 Å². The van der Waals surface area contributed by atoms with Crippen molar-refractivity contribution >= 4 is 0 Å². The first-order chi connectivity index (χ1) is 10.0. The Hall–Kier alpha value is -1.96. The van der Waals surface area contributed by atoms with Gasteiger partial charge in [0.05, 0.1) is 7.11 Å². The zero-order valence-electron chi connectivity index (χ0n) is 13.6. The van der Waals surface area contributed by atoms with E-state index in [1.165, 1.54) is 11.1 Å². The lowest BCUT2D eigenvalue weighted by Crippen LogP contribution is -2.01. The Bertz CT molecular complexity index is 615. The average molecular weight is 284 g/mol. The van der Waals surface area contributed by atoms with Crippen LogP contribution in [0.25, 0.3) is 0 Å². The molecule has 2 nitrogen and oxygen atoms in total. The van der Waals surface area contributed by atoms with Gasteiger partial charge in [-0.05, 0) is 49.1 Å². The molecule has 0 aliphatic carbocycles. The molecule has 0 amide bonds. The smallest absolute Gasteiger partial charge is 0.125 e. The molecule has 0 saturated heterocycles. The lowest BCUT2D eigenvalue weighted by molar-refractivity contribution is 0.294. The van der Waals surface area contributed by atoms with Gasteiger partial charge in [-0.1, -0.05) is 37.6 Å². The first kappa shape index (κ1) is 15.4. The lowest BCUT2D eigenvalue weighted by atomic mass is 10.0. The molecular weight excluding hydrogens is 260 g/mol. The van der Waals surface area contributed by atoms with Crippen LogP contribution in [0.4, 0.5) is 0 Å².